The van der Waals surface area contributed by atoms with Crippen molar-refractivity contribution >= 4 is 21.7 Å². The maximum Gasteiger partial charge on any atom is 0.176 e. The van der Waals surface area contributed by atoms with Gasteiger partial charge >= 0.3 is 0 Å². The molecule has 0 atom stereocenters. The van der Waals surface area contributed by atoms with E-state index in [1.54, 1.807) is 12.1 Å². The number of halogens is 2. The van der Waals surface area contributed by atoms with Gasteiger partial charge in [0.05, 0.1) is 5.56 Å². The van der Waals surface area contributed by atoms with E-state index in [1.165, 1.54) is 6.07 Å². The third-order valence-corrected chi connectivity index (χ3v) is 3.17. The molecule has 17 heavy (non-hydrogen) atoms. The minimum atomic E-state index is -0.354. The summed E-state index contributed by atoms with van der Waals surface area (Å²) in [5, 5.41) is 3.71. The zero-order valence-corrected chi connectivity index (χ0v) is 10.9. The van der Waals surface area contributed by atoms with Gasteiger partial charge in [0.1, 0.15) is 5.82 Å². The molecule has 0 aliphatic rings. The number of nitrogens with two attached hydrogens (primary N) is 1. The van der Waals surface area contributed by atoms with Crippen LogP contribution >= 0.6 is 15.9 Å². The zero-order valence-electron chi connectivity index (χ0n) is 9.34. The summed E-state index contributed by atoms with van der Waals surface area (Å²) in [5.41, 5.74) is 6.86. The maximum absolute atomic E-state index is 13.8. The number of benzene rings is 1. The monoisotopic (exact) mass is 298 g/mol. The van der Waals surface area contributed by atoms with Crippen LogP contribution in [0, 0.1) is 5.82 Å². The molecule has 3 nitrogen and oxygen atoms in total. The lowest BCUT2D eigenvalue weighted by atomic mass is 10.0. The number of nitrogens with zero attached hydrogens (tertiary/aromatic N) is 1. The van der Waals surface area contributed by atoms with Crippen molar-refractivity contribution in [1.82, 2.24) is 5.16 Å². The Morgan fingerprint density at radius 2 is 2.24 bits per heavy atom. The molecule has 0 spiro atoms. The van der Waals surface area contributed by atoms with Gasteiger partial charge in [0.15, 0.2) is 11.6 Å². The van der Waals surface area contributed by atoms with Crippen molar-refractivity contribution in [3.63, 3.8) is 0 Å². The van der Waals surface area contributed by atoms with Crippen molar-refractivity contribution in [2.75, 3.05) is 5.73 Å². The van der Waals surface area contributed by atoms with Crippen LogP contribution in [0.4, 0.5) is 10.2 Å². The van der Waals surface area contributed by atoms with Crippen LogP contribution in [0.15, 0.2) is 27.2 Å². The van der Waals surface area contributed by atoms with Crippen LogP contribution in [0.1, 0.15) is 18.9 Å². The van der Waals surface area contributed by atoms with E-state index in [0.717, 1.165) is 12.0 Å². The molecule has 1 aromatic heterocycles. The lowest BCUT2D eigenvalue weighted by molar-refractivity contribution is 0.432. The number of hydrogen-bond donors (Lipinski definition) is 1. The van der Waals surface area contributed by atoms with Crippen LogP contribution in [0.3, 0.4) is 0 Å². The fraction of sp³-hybridized carbons (Fsp3) is 0.250. The number of aromatic nitrogens is 1. The molecule has 2 rings (SSSR count). The minimum Gasteiger partial charge on any atom is -0.381 e. The van der Waals surface area contributed by atoms with Gasteiger partial charge in [0.2, 0.25) is 0 Å². The summed E-state index contributed by atoms with van der Waals surface area (Å²) in [6.07, 6.45) is 1.61. The third-order valence-electron chi connectivity index (χ3n) is 2.51. The van der Waals surface area contributed by atoms with Gasteiger partial charge in [-0.3, -0.25) is 0 Å². The standard InChI is InChI=1S/C12H12BrFN2O/c1-2-4-7-11(17-16-12(7)15)10-8(13)5-3-6-9(10)14/h3,5-6H,2,4H2,1H3,(H2,15,16). The van der Waals surface area contributed by atoms with Gasteiger partial charge in [0.25, 0.3) is 0 Å². The molecular formula is C12H12BrFN2O. The number of hydrogen-bond acceptors (Lipinski definition) is 3. The van der Waals surface area contributed by atoms with E-state index in [-0.39, 0.29) is 5.82 Å². The fourth-order valence-electron chi connectivity index (χ4n) is 1.72. The Hall–Kier alpha value is -1.36. The first-order valence-electron chi connectivity index (χ1n) is 5.33. The average molecular weight is 299 g/mol. The van der Waals surface area contributed by atoms with E-state index >= 15 is 0 Å². The smallest absolute Gasteiger partial charge is 0.176 e. The normalized spacial score (nSPS) is 10.8. The van der Waals surface area contributed by atoms with E-state index in [9.17, 15) is 4.39 Å². The lowest BCUT2D eigenvalue weighted by Crippen LogP contribution is -1.94. The SMILES string of the molecule is CCCc1c(N)noc1-c1c(F)cccc1Br. The first-order chi connectivity index (χ1) is 8.15. The van der Waals surface area contributed by atoms with E-state index in [4.69, 9.17) is 10.3 Å². The molecule has 0 saturated heterocycles. The molecule has 2 N–H and O–H groups in total. The molecule has 0 aliphatic heterocycles. The minimum absolute atomic E-state index is 0.331. The number of rotatable bonds is 3. The highest BCUT2D eigenvalue weighted by molar-refractivity contribution is 9.10. The van der Waals surface area contributed by atoms with Gasteiger partial charge < -0.3 is 10.3 Å². The van der Waals surface area contributed by atoms with Crippen LogP contribution in [-0.4, -0.2) is 5.16 Å². The highest BCUT2D eigenvalue weighted by Crippen LogP contribution is 2.35. The van der Waals surface area contributed by atoms with Gasteiger partial charge in [-0.05, 0) is 34.5 Å². The number of nitrogen functional groups attached to an aromatic ring is 1. The second-order valence-electron chi connectivity index (χ2n) is 3.72. The quantitative estimate of drug-likeness (QED) is 0.938. The third kappa shape index (κ3) is 2.20. The van der Waals surface area contributed by atoms with E-state index in [0.29, 0.717) is 28.0 Å². The summed E-state index contributed by atoms with van der Waals surface area (Å²) in [5.74, 6) is 0.388. The first-order valence-corrected chi connectivity index (χ1v) is 6.12. The Morgan fingerprint density at radius 3 is 2.88 bits per heavy atom. The fourth-order valence-corrected chi connectivity index (χ4v) is 2.25. The molecule has 0 saturated carbocycles. The molecular weight excluding hydrogens is 287 g/mol. The zero-order chi connectivity index (χ0) is 12.4. The van der Waals surface area contributed by atoms with Gasteiger partial charge in [0, 0.05) is 10.0 Å². The molecule has 0 radical (unpaired) electrons. The summed E-state index contributed by atoms with van der Waals surface area (Å²) in [6, 6.07) is 4.77. The Labute approximate surface area is 107 Å². The summed E-state index contributed by atoms with van der Waals surface area (Å²) >= 11 is 3.31. The van der Waals surface area contributed by atoms with Crippen molar-refractivity contribution < 1.29 is 8.91 Å². The molecule has 90 valence electrons. The summed E-state index contributed by atoms with van der Waals surface area (Å²) < 4.78 is 19.6. The van der Waals surface area contributed by atoms with Gasteiger partial charge in [-0.15, -0.1) is 0 Å². The van der Waals surface area contributed by atoms with Crippen LogP contribution in [0.5, 0.6) is 0 Å². The Bertz CT molecular complexity index is 519. The van der Waals surface area contributed by atoms with Gasteiger partial charge in [-0.25, -0.2) is 4.39 Å². The van der Waals surface area contributed by atoms with E-state index < -0.39 is 0 Å². The van der Waals surface area contributed by atoms with Crippen LogP contribution < -0.4 is 5.73 Å². The molecule has 5 heteroatoms. The summed E-state index contributed by atoms with van der Waals surface area (Å²) in [4.78, 5) is 0. The predicted octanol–water partition coefficient (Wildman–Crippen LogP) is 3.78. The molecule has 0 aliphatic carbocycles. The van der Waals surface area contributed by atoms with Crippen LogP contribution in [0.25, 0.3) is 11.3 Å². The highest BCUT2D eigenvalue weighted by Gasteiger charge is 2.20. The van der Waals surface area contributed by atoms with Gasteiger partial charge in [-0.2, -0.15) is 0 Å². The molecule has 0 fully saturated rings. The van der Waals surface area contributed by atoms with Gasteiger partial charge in [-0.1, -0.05) is 24.6 Å². The highest BCUT2D eigenvalue weighted by atomic mass is 79.9. The van der Waals surface area contributed by atoms with E-state index in [2.05, 4.69) is 21.1 Å². The Kier molecular flexibility index (Phi) is 3.47. The molecule has 0 bridgehead atoms. The summed E-state index contributed by atoms with van der Waals surface area (Å²) in [7, 11) is 0. The van der Waals surface area contributed by atoms with E-state index in [1.807, 2.05) is 6.92 Å². The maximum atomic E-state index is 13.8. The van der Waals surface area contributed by atoms with Crippen LogP contribution in [-0.2, 0) is 6.42 Å². The van der Waals surface area contributed by atoms with Crippen molar-refractivity contribution in [2.45, 2.75) is 19.8 Å². The molecule has 1 heterocycles. The predicted molar refractivity (Wildman–Crippen MR) is 68.0 cm³/mol. The first kappa shape index (κ1) is 12.1. The Morgan fingerprint density at radius 1 is 1.47 bits per heavy atom. The van der Waals surface area contributed by atoms with Crippen molar-refractivity contribution in [3.05, 3.63) is 34.1 Å². The lowest BCUT2D eigenvalue weighted by Gasteiger charge is -2.04. The second-order valence-corrected chi connectivity index (χ2v) is 4.58. The van der Waals surface area contributed by atoms with Crippen LogP contribution in [0.2, 0.25) is 0 Å². The molecule has 2 aromatic rings. The largest absolute Gasteiger partial charge is 0.381 e. The summed E-state index contributed by atoms with van der Waals surface area (Å²) in [6.45, 7) is 2.02. The Balaban J connectivity index is 2.60. The van der Waals surface area contributed by atoms with Crippen molar-refractivity contribution in [3.8, 4) is 11.3 Å². The molecule has 0 amide bonds. The average Bonchev–Trinajstić information content (AvgIpc) is 2.62. The second kappa shape index (κ2) is 4.87. The topological polar surface area (TPSA) is 52.0 Å². The van der Waals surface area contributed by atoms with Crippen molar-refractivity contribution in [2.24, 2.45) is 0 Å². The van der Waals surface area contributed by atoms with Crippen molar-refractivity contribution in [1.29, 1.82) is 0 Å². The molecule has 1 aromatic carbocycles. The molecule has 0 unspecified atom stereocenters. The number of anilines is 1.